The highest BCUT2D eigenvalue weighted by atomic mass is 32.2. The van der Waals surface area contributed by atoms with Crippen LogP contribution in [0.3, 0.4) is 0 Å². The first kappa shape index (κ1) is 14.5. The molecule has 0 aromatic carbocycles. The highest BCUT2D eigenvalue weighted by molar-refractivity contribution is 7.99. The summed E-state index contributed by atoms with van der Waals surface area (Å²) in [6.45, 7) is 2.86. The second-order valence-electron chi connectivity index (χ2n) is 5.85. The average molecular weight is 286 g/mol. The lowest BCUT2D eigenvalue weighted by Gasteiger charge is -2.34. The van der Waals surface area contributed by atoms with Gasteiger partial charge in [-0.3, -0.25) is 0 Å². The summed E-state index contributed by atoms with van der Waals surface area (Å²) in [4.78, 5) is 24.6. The first-order valence-electron chi connectivity index (χ1n) is 6.87. The van der Waals surface area contributed by atoms with Gasteiger partial charge in [-0.25, -0.2) is 9.59 Å². The van der Waals surface area contributed by atoms with Gasteiger partial charge < -0.3 is 15.3 Å². The number of carboxylic acids is 1. The van der Waals surface area contributed by atoms with E-state index < -0.39 is 12.0 Å². The third-order valence-corrected chi connectivity index (χ3v) is 5.17. The van der Waals surface area contributed by atoms with Gasteiger partial charge in [0.05, 0.1) is 5.88 Å². The quantitative estimate of drug-likeness (QED) is 0.834. The van der Waals surface area contributed by atoms with Gasteiger partial charge in [-0.05, 0) is 18.3 Å². The summed E-state index contributed by atoms with van der Waals surface area (Å²) in [5.41, 5.74) is 0.180. The number of thioether (sulfide) groups is 1. The van der Waals surface area contributed by atoms with Crippen molar-refractivity contribution in [1.82, 2.24) is 10.2 Å². The summed E-state index contributed by atoms with van der Waals surface area (Å²) in [6, 6.07) is -0.909. The minimum absolute atomic E-state index is 0.180. The van der Waals surface area contributed by atoms with E-state index in [1.165, 1.54) is 35.9 Å². The normalized spacial score (nSPS) is 26.2. The first-order chi connectivity index (χ1) is 9.02. The maximum Gasteiger partial charge on any atom is 0.327 e. The van der Waals surface area contributed by atoms with Crippen LogP contribution in [0.25, 0.3) is 0 Å². The molecular weight excluding hydrogens is 264 g/mol. The number of hydrogen-bond acceptors (Lipinski definition) is 3. The van der Waals surface area contributed by atoms with Crippen molar-refractivity contribution >= 4 is 23.8 Å². The number of rotatable bonds is 3. The Morgan fingerprint density at radius 3 is 2.68 bits per heavy atom. The molecule has 0 spiro atoms. The molecule has 0 aromatic rings. The highest BCUT2D eigenvalue weighted by Crippen LogP contribution is 2.35. The van der Waals surface area contributed by atoms with Crippen LogP contribution in [-0.2, 0) is 4.79 Å². The lowest BCUT2D eigenvalue weighted by molar-refractivity contribution is -0.140. The predicted molar refractivity (Wildman–Crippen MR) is 75.2 cm³/mol. The zero-order valence-corrected chi connectivity index (χ0v) is 12.2. The van der Waals surface area contributed by atoms with Gasteiger partial charge in [-0.15, -0.1) is 11.8 Å². The van der Waals surface area contributed by atoms with Crippen molar-refractivity contribution in [3.05, 3.63) is 0 Å². The van der Waals surface area contributed by atoms with E-state index in [4.69, 9.17) is 5.11 Å². The molecule has 0 aromatic heterocycles. The van der Waals surface area contributed by atoms with Crippen LogP contribution in [0.15, 0.2) is 0 Å². The molecule has 1 saturated carbocycles. The van der Waals surface area contributed by atoms with Crippen molar-refractivity contribution < 1.29 is 14.7 Å². The number of carboxylic acid groups (broad SMARTS) is 1. The van der Waals surface area contributed by atoms with Crippen LogP contribution in [0.1, 0.15) is 39.0 Å². The van der Waals surface area contributed by atoms with E-state index >= 15 is 0 Å². The van der Waals surface area contributed by atoms with E-state index in [0.717, 1.165) is 12.8 Å². The van der Waals surface area contributed by atoms with Gasteiger partial charge in [-0.1, -0.05) is 26.2 Å². The van der Waals surface area contributed by atoms with Crippen LogP contribution in [-0.4, -0.2) is 46.2 Å². The summed E-state index contributed by atoms with van der Waals surface area (Å²) >= 11 is 1.49. The topological polar surface area (TPSA) is 69.6 Å². The van der Waals surface area contributed by atoms with Gasteiger partial charge in [0.25, 0.3) is 0 Å². The Hall–Kier alpha value is -0.910. The van der Waals surface area contributed by atoms with Gasteiger partial charge in [0.2, 0.25) is 0 Å². The molecule has 2 amide bonds. The van der Waals surface area contributed by atoms with E-state index in [0.29, 0.717) is 18.2 Å². The molecule has 19 heavy (non-hydrogen) atoms. The van der Waals surface area contributed by atoms with Crippen LogP contribution in [0.2, 0.25) is 0 Å². The Balaban J connectivity index is 1.85. The fraction of sp³-hybridized carbons (Fsp3) is 0.846. The number of urea groups is 1. The largest absolute Gasteiger partial charge is 0.480 e. The van der Waals surface area contributed by atoms with Crippen LogP contribution >= 0.6 is 11.8 Å². The summed E-state index contributed by atoms with van der Waals surface area (Å²) in [6.07, 6.45) is 6.02. The van der Waals surface area contributed by atoms with Crippen molar-refractivity contribution in [2.24, 2.45) is 5.41 Å². The first-order valence-corrected chi connectivity index (χ1v) is 8.02. The summed E-state index contributed by atoms with van der Waals surface area (Å²) < 4.78 is 0. The van der Waals surface area contributed by atoms with Crippen molar-refractivity contribution in [2.75, 3.05) is 18.2 Å². The summed E-state index contributed by atoms with van der Waals surface area (Å²) in [7, 11) is 0. The van der Waals surface area contributed by atoms with Crippen molar-refractivity contribution in [3.63, 3.8) is 0 Å². The second kappa shape index (κ2) is 6.03. The van der Waals surface area contributed by atoms with Crippen molar-refractivity contribution in [2.45, 2.75) is 45.1 Å². The van der Waals surface area contributed by atoms with Crippen LogP contribution in [0, 0.1) is 5.41 Å². The Bertz CT molecular complexity index is 356. The molecule has 2 fully saturated rings. The fourth-order valence-electron chi connectivity index (χ4n) is 2.82. The Kier molecular flexibility index (Phi) is 4.60. The standard InChI is InChI=1S/C13H22N2O3S/c1-13(5-3-2-4-6-13)8-14-12(18)15-9-19-7-10(15)11(16)17/h10H,2-9H2,1H3,(H,14,18)(H,16,17)/t10-/m0/s1. The smallest absolute Gasteiger partial charge is 0.327 e. The Labute approximate surface area is 118 Å². The van der Waals surface area contributed by atoms with E-state index in [1.807, 2.05) is 0 Å². The van der Waals surface area contributed by atoms with E-state index in [9.17, 15) is 9.59 Å². The zero-order valence-electron chi connectivity index (χ0n) is 11.4. The maximum absolute atomic E-state index is 12.1. The summed E-state index contributed by atoms with van der Waals surface area (Å²) in [5.74, 6) is 0.0449. The number of nitrogens with zero attached hydrogens (tertiary/aromatic N) is 1. The third kappa shape index (κ3) is 3.55. The van der Waals surface area contributed by atoms with Gasteiger partial charge >= 0.3 is 12.0 Å². The Morgan fingerprint density at radius 2 is 2.05 bits per heavy atom. The molecule has 1 atom stereocenters. The Morgan fingerprint density at radius 1 is 1.37 bits per heavy atom. The molecule has 5 nitrogen and oxygen atoms in total. The molecule has 1 aliphatic carbocycles. The van der Waals surface area contributed by atoms with Crippen molar-refractivity contribution in [1.29, 1.82) is 0 Å². The monoisotopic (exact) mass is 286 g/mol. The van der Waals surface area contributed by atoms with Crippen LogP contribution in [0.4, 0.5) is 4.79 Å². The maximum atomic E-state index is 12.1. The number of carbonyl (C=O) groups is 2. The molecule has 2 rings (SSSR count). The molecule has 0 unspecified atom stereocenters. The molecule has 0 radical (unpaired) electrons. The van der Waals surface area contributed by atoms with E-state index in [2.05, 4.69) is 12.2 Å². The predicted octanol–water partition coefficient (Wildman–Crippen LogP) is 2.13. The zero-order chi connectivity index (χ0) is 13.9. The minimum Gasteiger partial charge on any atom is -0.480 e. The lowest BCUT2D eigenvalue weighted by atomic mass is 9.76. The number of nitrogens with one attached hydrogen (secondary N) is 1. The number of hydrogen-bond donors (Lipinski definition) is 2. The number of aliphatic carboxylic acids is 1. The molecule has 2 N–H and O–H groups in total. The van der Waals surface area contributed by atoms with E-state index in [-0.39, 0.29) is 11.4 Å². The van der Waals surface area contributed by atoms with Gasteiger partial charge in [0, 0.05) is 12.3 Å². The molecular formula is C13H22N2O3S. The molecule has 0 bridgehead atoms. The minimum atomic E-state index is -0.913. The van der Waals surface area contributed by atoms with Crippen molar-refractivity contribution in [3.8, 4) is 0 Å². The molecule has 2 aliphatic rings. The molecule has 1 aliphatic heterocycles. The van der Waals surface area contributed by atoms with Gasteiger partial charge in [0.15, 0.2) is 0 Å². The SMILES string of the molecule is CC1(CNC(=O)N2CSC[C@H]2C(=O)O)CCCCC1. The molecule has 1 heterocycles. The third-order valence-electron chi connectivity index (χ3n) is 4.16. The molecule has 108 valence electrons. The molecule has 6 heteroatoms. The number of amides is 2. The lowest BCUT2D eigenvalue weighted by Crippen LogP contribution is -2.49. The number of carbonyl (C=O) groups excluding carboxylic acids is 1. The second-order valence-corrected chi connectivity index (χ2v) is 6.85. The van der Waals surface area contributed by atoms with E-state index in [1.54, 1.807) is 0 Å². The van der Waals surface area contributed by atoms with Gasteiger partial charge in [-0.2, -0.15) is 0 Å². The summed E-state index contributed by atoms with van der Waals surface area (Å²) in [5, 5.41) is 12.0. The van der Waals surface area contributed by atoms with Crippen LogP contribution < -0.4 is 5.32 Å². The van der Waals surface area contributed by atoms with Gasteiger partial charge in [0.1, 0.15) is 6.04 Å². The fourth-order valence-corrected chi connectivity index (χ4v) is 3.97. The van der Waals surface area contributed by atoms with Crippen LogP contribution in [0.5, 0.6) is 0 Å². The highest BCUT2D eigenvalue weighted by Gasteiger charge is 2.35. The molecule has 1 saturated heterocycles. The average Bonchev–Trinajstić information content (AvgIpc) is 2.86.